The Morgan fingerprint density at radius 2 is 2.15 bits per heavy atom. The fourth-order valence-electron chi connectivity index (χ4n) is 2.09. The van der Waals surface area contributed by atoms with Crippen molar-refractivity contribution in [3.63, 3.8) is 0 Å². The summed E-state index contributed by atoms with van der Waals surface area (Å²) in [5.41, 5.74) is 0.0116. The van der Waals surface area contributed by atoms with Gasteiger partial charge in [-0.2, -0.15) is 5.10 Å². The maximum absolute atomic E-state index is 11.9. The second-order valence-electron chi connectivity index (χ2n) is 4.43. The van der Waals surface area contributed by atoms with Crippen LogP contribution in [0.15, 0.2) is 29.1 Å². The second-order valence-corrected chi connectivity index (χ2v) is 6.34. The van der Waals surface area contributed by atoms with E-state index in [2.05, 4.69) is 15.2 Å². The summed E-state index contributed by atoms with van der Waals surface area (Å²) < 4.78 is 30.7. The number of H-pyrrole nitrogens is 2. The molecule has 8 nitrogen and oxygen atoms in total. The summed E-state index contributed by atoms with van der Waals surface area (Å²) in [4.78, 5) is 13.6. The molecule has 1 aromatic carbocycles. The molecule has 0 unspecified atom stereocenters. The van der Waals surface area contributed by atoms with Crippen molar-refractivity contribution in [1.29, 1.82) is 0 Å². The van der Waals surface area contributed by atoms with Crippen molar-refractivity contribution in [2.45, 2.75) is 6.10 Å². The number of benzene rings is 1. The zero-order valence-electron chi connectivity index (χ0n) is 10.5. The Kier molecular flexibility index (Phi) is 2.78. The van der Waals surface area contributed by atoms with Crippen molar-refractivity contribution in [2.75, 3.05) is 17.1 Å². The van der Waals surface area contributed by atoms with Crippen LogP contribution in [0, 0.1) is 0 Å². The van der Waals surface area contributed by atoms with Crippen LogP contribution in [0.1, 0.15) is 11.9 Å². The first-order chi connectivity index (χ1) is 9.45. The maximum atomic E-state index is 11.9. The van der Waals surface area contributed by atoms with Crippen molar-refractivity contribution < 1.29 is 13.2 Å². The van der Waals surface area contributed by atoms with Gasteiger partial charge in [0.1, 0.15) is 5.75 Å². The smallest absolute Gasteiger partial charge is 0.340 e. The number of hydrogen-bond donors (Lipinski definition) is 2. The predicted octanol–water partition coefficient (Wildman–Crippen LogP) is -0.00230. The minimum absolute atomic E-state index is 0.0522. The Hall–Kier alpha value is -2.29. The number of fused-ring (bicyclic) bond motifs is 1. The lowest BCUT2D eigenvalue weighted by Crippen LogP contribution is -2.39. The van der Waals surface area contributed by atoms with E-state index in [9.17, 15) is 13.2 Å². The molecular formula is C11H12N4O4S. The van der Waals surface area contributed by atoms with Crippen LogP contribution in [0.5, 0.6) is 5.75 Å². The summed E-state index contributed by atoms with van der Waals surface area (Å²) in [6.07, 6.45) is 0.456. The molecule has 1 aliphatic heterocycles. The summed E-state index contributed by atoms with van der Waals surface area (Å²) in [6, 6.07) is 6.82. The Morgan fingerprint density at radius 3 is 2.80 bits per heavy atom. The van der Waals surface area contributed by atoms with Crippen LogP contribution in [0.25, 0.3) is 0 Å². The van der Waals surface area contributed by atoms with Crippen molar-refractivity contribution >= 4 is 15.7 Å². The van der Waals surface area contributed by atoms with E-state index in [1.165, 1.54) is 4.31 Å². The molecule has 0 amide bonds. The molecule has 0 saturated heterocycles. The minimum atomic E-state index is -3.45. The monoisotopic (exact) mass is 296 g/mol. The van der Waals surface area contributed by atoms with Crippen LogP contribution in [0.4, 0.5) is 5.69 Å². The zero-order chi connectivity index (χ0) is 14.3. The first-order valence-corrected chi connectivity index (χ1v) is 7.68. The predicted molar refractivity (Wildman–Crippen MR) is 71.2 cm³/mol. The highest BCUT2D eigenvalue weighted by Crippen LogP contribution is 2.38. The Morgan fingerprint density at radius 1 is 1.40 bits per heavy atom. The average Bonchev–Trinajstić information content (AvgIpc) is 2.83. The van der Waals surface area contributed by atoms with Gasteiger partial charge in [0.15, 0.2) is 11.9 Å². The van der Waals surface area contributed by atoms with Gasteiger partial charge >= 0.3 is 5.69 Å². The van der Waals surface area contributed by atoms with Crippen molar-refractivity contribution in [2.24, 2.45) is 0 Å². The van der Waals surface area contributed by atoms with Gasteiger partial charge in [0.2, 0.25) is 10.0 Å². The zero-order valence-corrected chi connectivity index (χ0v) is 11.3. The normalized spacial score (nSPS) is 18.4. The lowest BCUT2D eigenvalue weighted by atomic mass is 10.2. The third-order valence-corrected chi connectivity index (χ3v) is 4.11. The number of para-hydroxylation sites is 2. The Balaban J connectivity index is 2.07. The number of nitrogens with zero attached hydrogens (tertiary/aromatic N) is 2. The summed E-state index contributed by atoms with van der Waals surface area (Å²) in [5.74, 6) is 0.691. The molecule has 106 valence electrons. The lowest BCUT2D eigenvalue weighted by Gasteiger charge is -2.33. The quantitative estimate of drug-likeness (QED) is 0.810. The second kappa shape index (κ2) is 4.37. The average molecular weight is 296 g/mol. The molecule has 20 heavy (non-hydrogen) atoms. The Bertz CT molecular complexity index is 795. The molecule has 0 spiro atoms. The first-order valence-electron chi connectivity index (χ1n) is 5.83. The largest absolute Gasteiger partial charge is 0.478 e. The van der Waals surface area contributed by atoms with Crippen LogP contribution in [-0.2, 0) is 10.0 Å². The number of aromatic nitrogens is 3. The van der Waals surface area contributed by atoms with Gasteiger partial charge in [0.25, 0.3) is 0 Å². The maximum Gasteiger partial charge on any atom is 0.340 e. The number of aromatic amines is 2. The van der Waals surface area contributed by atoms with E-state index in [0.29, 0.717) is 11.4 Å². The molecular weight excluding hydrogens is 284 g/mol. The number of anilines is 1. The van der Waals surface area contributed by atoms with Crippen LogP contribution >= 0.6 is 0 Å². The molecule has 9 heteroatoms. The fraction of sp³-hybridized carbons (Fsp3) is 0.273. The lowest BCUT2D eigenvalue weighted by molar-refractivity contribution is 0.194. The number of nitrogens with one attached hydrogen (secondary N) is 2. The van der Waals surface area contributed by atoms with Gasteiger partial charge in [-0.05, 0) is 12.1 Å². The van der Waals surface area contributed by atoms with E-state index < -0.39 is 21.8 Å². The van der Waals surface area contributed by atoms with Crippen LogP contribution in [0.2, 0.25) is 0 Å². The molecule has 0 aliphatic carbocycles. The van der Waals surface area contributed by atoms with Gasteiger partial charge in [-0.3, -0.25) is 9.29 Å². The third kappa shape index (κ3) is 2.16. The third-order valence-electron chi connectivity index (χ3n) is 2.96. The summed E-state index contributed by atoms with van der Waals surface area (Å²) in [7, 11) is -3.45. The summed E-state index contributed by atoms with van der Waals surface area (Å²) in [6.45, 7) is 0.0522. The van der Waals surface area contributed by atoms with E-state index in [1.54, 1.807) is 24.3 Å². The molecule has 0 fully saturated rings. The molecule has 1 aromatic heterocycles. The minimum Gasteiger partial charge on any atom is -0.478 e. The highest BCUT2D eigenvalue weighted by molar-refractivity contribution is 7.92. The summed E-state index contributed by atoms with van der Waals surface area (Å²) in [5, 5.41) is 6.02. The standard InChI is InChI=1S/C11H12N4O4S/c1-20(17,18)15-6-9(10-12-11(16)14-13-10)19-8-5-3-2-4-7(8)15/h2-5,9H,6H2,1H3,(H2,12,13,14,16)/t9-/m1/s1. The SMILES string of the molecule is CS(=O)(=O)N1C[C@H](c2n[nH]c(=O)[nH]2)Oc2ccccc21. The first kappa shape index (κ1) is 12.7. The fourth-order valence-corrected chi connectivity index (χ4v) is 3.01. The van der Waals surface area contributed by atoms with E-state index >= 15 is 0 Å². The van der Waals surface area contributed by atoms with E-state index in [-0.39, 0.29) is 12.4 Å². The van der Waals surface area contributed by atoms with Gasteiger partial charge < -0.3 is 4.74 Å². The van der Waals surface area contributed by atoms with Gasteiger partial charge in [-0.1, -0.05) is 12.1 Å². The van der Waals surface area contributed by atoms with Crippen LogP contribution in [-0.4, -0.2) is 36.4 Å². The van der Waals surface area contributed by atoms with E-state index in [0.717, 1.165) is 6.26 Å². The van der Waals surface area contributed by atoms with Gasteiger partial charge in [0.05, 0.1) is 18.5 Å². The molecule has 3 rings (SSSR count). The topological polar surface area (TPSA) is 108 Å². The molecule has 0 radical (unpaired) electrons. The highest BCUT2D eigenvalue weighted by atomic mass is 32.2. The van der Waals surface area contributed by atoms with Crippen LogP contribution < -0.4 is 14.7 Å². The van der Waals surface area contributed by atoms with Crippen molar-refractivity contribution in [3.8, 4) is 5.75 Å². The van der Waals surface area contributed by atoms with Gasteiger partial charge in [-0.15, -0.1) is 0 Å². The molecule has 2 aromatic rings. The molecule has 1 aliphatic rings. The van der Waals surface area contributed by atoms with Gasteiger partial charge in [-0.25, -0.2) is 18.3 Å². The van der Waals surface area contributed by atoms with Gasteiger partial charge in [0, 0.05) is 0 Å². The van der Waals surface area contributed by atoms with E-state index in [1.807, 2.05) is 0 Å². The molecule has 1 atom stereocenters. The molecule has 0 saturated carbocycles. The summed E-state index contributed by atoms with van der Waals surface area (Å²) >= 11 is 0. The highest BCUT2D eigenvalue weighted by Gasteiger charge is 2.33. The van der Waals surface area contributed by atoms with Crippen molar-refractivity contribution in [3.05, 3.63) is 40.6 Å². The van der Waals surface area contributed by atoms with Crippen molar-refractivity contribution in [1.82, 2.24) is 15.2 Å². The molecule has 2 heterocycles. The van der Waals surface area contributed by atoms with Crippen LogP contribution in [0.3, 0.4) is 0 Å². The number of rotatable bonds is 2. The molecule has 0 bridgehead atoms. The number of sulfonamides is 1. The van der Waals surface area contributed by atoms with E-state index in [4.69, 9.17) is 4.74 Å². The molecule has 2 N–H and O–H groups in total. The Labute approximate surface area is 114 Å². The number of hydrogen-bond acceptors (Lipinski definition) is 5. The number of ether oxygens (including phenoxy) is 1.